The summed E-state index contributed by atoms with van der Waals surface area (Å²) in [5.74, 6) is -0.899. The van der Waals surface area contributed by atoms with Crippen LogP contribution < -0.4 is 0 Å². The second-order valence-electron chi connectivity index (χ2n) is 4.16. The van der Waals surface area contributed by atoms with E-state index in [0.717, 1.165) is 15.3 Å². The Morgan fingerprint density at radius 1 is 1.00 bits per heavy atom. The Morgan fingerprint density at radius 2 is 1.74 bits per heavy atom. The van der Waals surface area contributed by atoms with Crippen LogP contribution in [0.15, 0.2) is 64.5 Å². The van der Waals surface area contributed by atoms with E-state index in [0.29, 0.717) is 5.56 Å². The smallest absolute Gasteiger partial charge is 0.335 e. The first kappa shape index (κ1) is 11.9. The van der Waals surface area contributed by atoms with Gasteiger partial charge in [0, 0.05) is 21.5 Å². The van der Waals surface area contributed by atoms with Crippen LogP contribution in [0, 0.1) is 0 Å². The largest absolute Gasteiger partial charge is 0.478 e. The van der Waals surface area contributed by atoms with Gasteiger partial charge >= 0.3 is 5.97 Å². The SMILES string of the molecule is O=C(O)c1ccc(Sc2ccc3cc[nH]c3c2)cc1. The van der Waals surface area contributed by atoms with E-state index in [9.17, 15) is 4.79 Å². The molecule has 0 aliphatic heterocycles. The zero-order valence-electron chi connectivity index (χ0n) is 9.96. The lowest BCUT2D eigenvalue weighted by atomic mass is 10.2. The first-order valence-corrected chi connectivity index (χ1v) is 6.62. The number of fused-ring (bicyclic) bond motifs is 1. The lowest BCUT2D eigenvalue weighted by Crippen LogP contribution is -1.94. The van der Waals surface area contributed by atoms with Crippen molar-refractivity contribution in [2.24, 2.45) is 0 Å². The summed E-state index contributed by atoms with van der Waals surface area (Å²) >= 11 is 1.61. The van der Waals surface area contributed by atoms with Gasteiger partial charge in [-0.25, -0.2) is 4.79 Å². The first-order valence-electron chi connectivity index (χ1n) is 5.81. The molecule has 94 valence electrons. The van der Waals surface area contributed by atoms with E-state index < -0.39 is 5.97 Å². The van der Waals surface area contributed by atoms with Crippen LogP contribution in [0.3, 0.4) is 0 Å². The summed E-state index contributed by atoms with van der Waals surface area (Å²) < 4.78 is 0. The average molecular weight is 269 g/mol. The summed E-state index contributed by atoms with van der Waals surface area (Å²) in [6.07, 6.45) is 1.92. The summed E-state index contributed by atoms with van der Waals surface area (Å²) in [6.45, 7) is 0. The van der Waals surface area contributed by atoms with Crippen molar-refractivity contribution < 1.29 is 9.90 Å². The molecule has 3 aromatic rings. The maximum Gasteiger partial charge on any atom is 0.335 e. The number of rotatable bonds is 3. The van der Waals surface area contributed by atoms with Gasteiger partial charge in [-0.3, -0.25) is 0 Å². The lowest BCUT2D eigenvalue weighted by Gasteiger charge is -2.02. The minimum Gasteiger partial charge on any atom is -0.478 e. The molecule has 0 radical (unpaired) electrons. The summed E-state index contributed by atoms with van der Waals surface area (Å²) in [6, 6.07) is 15.2. The second-order valence-corrected chi connectivity index (χ2v) is 5.31. The van der Waals surface area contributed by atoms with Crippen molar-refractivity contribution in [1.82, 2.24) is 4.98 Å². The average Bonchev–Trinajstić information content (AvgIpc) is 2.87. The molecule has 4 heteroatoms. The quantitative estimate of drug-likeness (QED) is 0.755. The van der Waals surface area contributed by atoms with Crippen molar-refractivity contribution in [3.8, 4) is 0 Å². The van der Waals surface area contributed by atoms with Crippen LogP contribution >= 0.6 is 11.8 Å². The van der Waals surface area contributed by atoms with Gasteiger partial charge < -0.3 is 10.1 Å². The van der Waals surface area contributed by atoms with Crippen molar-refractivity contribution in [1.29, 1.82) is 0 Å². The van der Waals surface area contributed by atoms with Gasteiger partial charge in [0.05, 0.1) is 5.56 Å². The van der Waals surface area contributed by atoms with Crippen LogP contribution in [0.2, 0.25) is 0 Å². The van der Waals surface area contributed by atoms with E-state index in [4.69, 9.17) is 5.11 Å². The normalized spacial score (nSPS) is 10.7. The van der Waals surface area contributed by atoms with E-state index in [2.05, 4.69) is 23.2 Å². The van der Waals surface area contributed by atoms with Gasteiger partial charge in [-0.05, 0) is 47.9 Å². The number of carboxylic acids is 1. The fourth-order valence-electron chi connectivity index (χ4n) is 1.89. The van der Waals surface area contributed by atoms with Gasteiger partial charge in [0.1, 0.15) is 0 Å². The van der Waals surface area contributed by atoms with Crippen LogP contribution in [0.5, 0.6) is 0 Å². The molecule has 0 amide bonds. The molecule has 0 fully saturated rings. The number of aromatic amines is 1. The first-order chi connectivity index (χ1) is 9.22. The van der Waals surface area contributed by atoms with Crippen molar-refractivity contribution >= 4 is 28.6 Å². The van der Waals surface area contributed by atoms with Gasteiger partial charge in [0.25, 0.3) is 0 Å². The number of hydrogen-bond acceptors (Lipinski definition) is 2. The number of aromatic nitrogens is 1. The molecular weight excluding hydrogens is 258 g/mol. The number of nitrogens with one attached hydrogen (secondary N) is 1. The van der Waals surface area contributed by atoms with Crippen molar-refractivity contribution in [3.05, 3.63) is 60.3 Å². The summed E-state index contributed by atoms with van der Waals surface area (Å²) in [5, 5.41) is 10.0. The molecular formula is C15H11NO2S. The molecule has 0 saturated heterocycles. The zero-order chi connectivity index (χ0) is 13.2. The summed E-state index contributed by atoms with van der Waals surface area (Å²) in [5.41, 5.74) is 1.41. The lowest BCUT2D eigenvalue weighted by molar-refractivity contribution is 0.0697. The monoisotopic (exact) mass is 269 g/mol. The Bertz CT molecular complexity index is 731. The van der Waals surface area contributed by atoms with E-state index >= 15 is 0 Å². The number of aromatic carboxylic acids is 1. The minimum absolute atomic E-state index is 0.309. The Labute approximate surface area is 114 Å². The van der Waals surface area contributed by atoms with Crippen molar-refractivity contribution in [2.45, 2.75) is 9.79 Å². The maximum atomic E-state index is 10.8. The zero-order valence-corrected chi connectivity index (χ0v) is 10.8. The van der Waals surface area contributed by atoms with E-state index in [1.165, 1.54) is 5.39 Å². The highest BCUT2D eigenvalue weighted by molar-refractivity contribution is 7.99. The van der Waals surface area contributed by atoms with E-state index in [-0.39, 0.29) is 0 Å². The van der Waals surface area contributed by atoms with Crippen molar-refractivity contribution in [3.63, 3.8) is 0 Å². The van der Waals surface area contributed by atoms with Crippen molar-refractivity contribution in [2.75, 3.05) is 0 Å². The highest BCUT2D eigenvalue weighted by Gasteiger charge is 2.03. The minimum atomic E-state index is -0.899. The molecule has 3 nitrogen and oxygen atoms in total. The van der Waals surface area contributed by atoms with Gasteiger partial charge in [0.15, 0.2) is 0 Å². The topological polar surface area (TPSA) is 53.1 Å². The van der Waals surface area contributed by atoms with Crippen LogP contribution in [-0.2, 0) is 0 Å². The number of benzene rings is 2. The molecule has 0 aliphatic rings. The van der Waals surface area contributed by atoms with Crippen LogP contribution in [0.1, 0.15) is 10.4 Å². The molecule has 3 rings (SSSR count). The fraction of sp³-hybridized carbons (Fsp3) is 0. The third-order valence-electron chi connectivity index (χ3n) is 2.86. The van der Waals surface area contributed by atoms with Crippen LogP contribution in [-0.4, -0.2) is 16.1 Å². The van der Waals surface area contributed by atoms with Gasteiger partial charge in [-0.2, -0.15) is 0 Å². The van der Waals surface area contributed by atoms with Gasteiger partial charge in [-0.15, -0.1) is 0 Å². The summed E-state index contributed by atoms with van der Waals surface area (Å²) in [7, 11) is 0. The molecule has 1 heterocycles. The Morgan fingerprint density at radius 3 is 2.47 bits per heavy atom. The molecule has 0 aliphatic carbocycles. The molecule has 0 atom stereocenters. The standard InChI is InChI=1S/C15H11NO2S/c17-15(18)11-2-4-12(5-3-11)19-13-6-1-10-7-8-16-14(10)9-13/h1-9,16H,(H,17,18). The Balaban J connectivity index is 1.85. The maximum absolute atomic E-state index is 10.8. The predicted octanol–water partition coefficient (Wildman–Crippen LogP) is 4.02. The second kappa shape index (κ2) is 4.82. The number of H-pyrrole nitrogens is 1. The molecule has 19 heavy (non-hydrogen) atoms. The molecule has 0 saturated carbocycles. The number of carbonyl (C=O) groups is 1. The third kappa shape index (κ3) is 2.48. The Kier molecular flexibility index (Phi) is 3.01. The molecule has 0 unspecified atom stereocenters. The molecule has 0 spiro atoms. The van der Waals surface area contributed by atoms with Gasteiger partial charge in [0.2, 0.25) is 0 Å². The Hall–Kier alpha value is -2.20. The molecule has 0 bridgehead atoms. The predicted molar refractivity (Wildman–Crippen MR) is 75.8 cm³/mol. The third-order valence-corrected chi connectivity index (χ3v) is 3.86. The number of carboxylic acid groups (broad SMARTS) is 1. The van der Waals surface area contributed by atoms with E-state index in [1.807, 2.05) is 24.4 Å². The fourth-order valence-corrected chi connectivity index (χ4v) is 2.75. The molecule has 1 aromatic heterocycles. The highest BCUT2D eigenvalue weighted by Crippen LogP contribution is 2.29. The highest BCUT2D eigenvalue weighted by atomic mass is 32.2. The molecule has 2 N–H and O–H groups in total. The summed E-state index contributed by atoms with van der Waals surface area (Å²) in [4.78, 5) is 16.1. The number of hydrogen-bond donors (Lipinski definition) is 2. The molecule has 2 aromatic carbocycles. The van der Waals surface area contributed by atoms with Gasteiger partial charge in [-0.1, -0.05) is 17.8 Å². The van der Waals surface area contributed by atoms with Crippen LogP contribution in [0.4, 0.5) is 0 Å². The van der Waals surface area contributed by atoms with Crippen LogP contribution in [0.25, 0.3) is 10.9 Å². The van der Waals surface area contributed by atoms with E-state index in [1.54, 1.807) is 23.9 Å².